The number of aromatic nitrogens is 3. The van der Waals surface area contributed by atoms with Gasteiger partial charge in [0.1, 0.15) is 11.6 Å². The minimum Gasteiger partial charge on any atom is -0.494 e. The molecule has 2 aromatic rings. The lowest BCUT2D eigenvalue weighted by Crippen LogP contribution is -2.22. The average Bonchev–Trinajstić information content (AvgIpc) is 3.18. The third-order valence-electron chi connectivity index (χ3n) is 4.97. The molecule has 1 N–H and O–H groups in total. The van der Waals surface area contributed by atoms with Crippen molar-refractivity contribution < 1.29 is 9.13 Å². The molecule has 0 spiro atoms. The number of nitrogens with one attached hydrogen (secondary N) is 1. The molecule has 6 heteroatoms. The molecule has 1 aromatic carbocycles. The van der Waals surface area contributed by atoms with Gasteiger partial charge in [-0.3, -0.25) is 0 Å². The molecule has 0 saturated heterocycles. The van der Waals surface area contributed by atoms with Crippen molar-refractivity contribution in [2.24, 2.45) is 0 Å². The van der Waals surface area contributed by atoms with Crippen molar-refractivity contribution in [1.29, 1.82) is 0 Å². The zero-order valence-electron chi connectivity index (χ0n) is 13.3. The van der Waals surface area contributed by atoms with Gasteiger partial charge in [-0.1, -0.05) is 6.07 Å². The second-order valence-corrected chi connectivity index (χ2v) is 6.26. The van der Waals surface area contributed by atoms with E-state index in [1.54, 1.807) is 6.07 Å². The van der Waals surface area contributed by atoms with Crippen molar-refractivity contribution >= 4 is 0 Å². The molecule has 1 aliphatic carbocycles. The minimum atomic E-state index is -0.214. The lowest BCUT2D eigenvalue weighted by molar-refractivity contribution is 0.384. The van der Waals surface area contributed by atoms with Gasteiger partial charge in [0.05, 0.1) is 13.7 Å². The first kappa shape index (κ1) is 14.6. The molecule has 5 nitrogen and oxygen atoms in total. The van der Waals surface area contributed by atoms with Crippen LogP contribution in [0.5, 0.6) is 5.75 Å². The quantitative estimate of drug-likeness (QED) is 0.942. The summed E-state index contributed by atoms with van der Waals surface area (Å²) in [6.07, 6.45) is 5.05. The molecule has 0 bridgehead atoms. The van der Waals surface area contributed by atoms with Crippen LogP contribution in [-0.4, -0.2) is 21.9 Å². The summed E-state index contributed by atoms with van der Waals surface area (Å²) in [5.74, 6) is 2.20. The van der Waals surface area contributed by atoms with E-state index in [0.29, 0.717) is 12.3 Å². The van der Waals surface area contributed by atoms with Crippen LogP contribution in [0.1, 0.15) is 48.1 Å². The molecular formula is C17H21FN4O. The van der Waals surface area contributed by atoms with Crippen molar-refractivity contribution in [3.05, 3.63) is 40.7 Å². The van der Waals surface area contributed by atoms with Gasteiger partial charge in [-0.25, -0.2) is 4.39 Å². The average molecular weight is 316 g/mol. The van der Waals surface area contributed by atoms with E-state index in [9.17, 15) is 4.39 Å². The van der Waals surface area contributed by atoms with E-state index in [-0.39, 0.29) is 11.9 Å². The highest BCUT2D eigenvalue weighted by Crippen LogP contribution is 2.36. The normalized spacial score (nSPS) is 19.5. The summed E-state index contributed by atoms with van der Waals surface area (Å²) < 4.78 is 21.6. The molecular weight excluding hydrogens is 295 g/mol. The summed E-state index contributed by atoms with van der Waals surface area (Å²) in [6, 6.07) is 3.86. The number of benzene rings is 1. The van der Waals surface area contributed by atoms with E-state index in [1.165, 1.54) is 20.0 Å². The van der Waals surface area contributed by atoms with E-state index in [0.717, 1.165) is 48.6 Å². The lowest BCUT2D eigenvalue weighted by Gasteiger charge is -2.17. The van der Waals surface area contributed by atoms with Gasteiger partial charge in [0.25, 0.3) is 0 Å². The molecule has 1 aromatic heterocycles. The zero-order valence-corrected chi connectivity index (χ0v) is 13.3. The number of nitrogens with zero attached hydrogens (tertiary/aromatic N) is 3. The molecule has 0 fully saturated rings. The van der Waals surface area contributed by atoms with Crippen molar-refractivity contribution in [3.8, 4) is 5.75 Å². The van der Waals surface area contributed by atoms with Gasteiger partial charge < -0.3 is 14.6 Å². The fourth-order valence-electron chi connectivity index (χ4n) is 3.72. The van der Waals surface area contributed by atoms with Gasteiger partial charge in [0.15, 0.2) is 11.6 Å². The van der Waals surface area contributed by atoms with Crippen molar-refractivity contribution in [1.82, 2.24) is 20.1 Å². The summed E-state index contributed by atoms with van der Waals surface area (Å²) in [5, 5.41) is 12.1. The molecule has 0 saturated carbocycles. The van der Waals surface area contributed by atoms with Crippen LogP contribution in [0.25, 0.3) is 0 Å². The molecule has 122 valence electrons. The van der Waals surface area contributed by atoms with Gasteiger partial charge in [-0.05, 0) is 42.9 Å². The predicted octanol–water partition coefficient (Wildman–Crippen LogP) is 2.54. The van der Waals surface area contributed by atoms with Gasteiger partial charge in [0, 0.05) is 19.0 Å². The Morgan fingerprint density at radius 1 is 1.30 bits per heavy atom. The maximum Gasteiger partial charge on any atom is 0.168 e. The first-order valence-corrected chi connectivity index (χ1v) is 8.27. The third-order valence-corrected chi connectivity index (χ3v) is 4.97. The molecule has 1 aliphatic heterocycles. The number of hydrogen-bond acceptors (Lipinski definition) is 4. The van der Waals surface area contributed by atoms with Crippen molar-refractivity contribution in [2.75, 3.05) is 7.11 Å². The lowest BCUT2D eigenvalue weighted by atomic mass is 10.1. The first-order valence-electron chi connectivity index (χ1n) is 8.27. The number of hydrogen-bond donors (Lipinski definition) is 1. The second kappa shape index (κ2) is 5.92. The Kier molecular flexibility index (Phi) is 3.77. The summed E-state index contributed by atoms with van der Waals surface area (Å²) in [4.78, 5) is 0. The topological polar surface area (TPSA) is 52.0 Å². The number of halogens is 1. The molecule has 2 heterocycles. The van der Waals surface area contributed by atoms with Crippen LogP contribution in [0.2, 0.25) is 0 Å². The van der Waals surface area contributed by atoms with Crippen LogP contribution in [0.3, 0.4) is 0 Å². The maximum atomic E-state index is 14.3. The highest BCUT2D eigenvalue weighted by molar-refractivity contribution is 5.42. The molecule has 4 rings (SSSR count). The molecule has 23 heavy (non-hydrogen) atoms. The number of ether oxygens (including phenoxy) is 1. The Balaban J connectivity index is 1.50. The molecule has 0 amide bonds. The molecule has 0 radical (unpaired) electrons. The van der Waals surface area contributed by atoms with Gasteiger partial charge >= 0.3 is 0 Å². The Labute approximate surface area is 134 Å². The fourth-order valence-corrected chi connectivity index (χ4v) is 3.72. The highest BCUT2D eigenvalue weighted by Gasteiger charge is 2.27. The van der Waals surface area contributed by atoms with E-state index < -0.39 is 0 Å². The molecule has 1 atom stereocenters. The Morgan fingerprint density at radius 2 is 2.22 bits per heavy atom. The van der Waals surface area contributed by atoms with Gasteiger partial charge in [-0.2, -0.15) is 0 Å². The van der Waals surface area contributed by atoms with Gasteiger partial charge in [-0.15, -0.1) is 10.2 Å². The minimum absolute atomic E-state index is 0.168. The SMILES string of the molecule is COc1ccc2c(c1F)CCC2NCc1nnc2n1CCCC2. The van der Waals surface area contributed by atoms with Crippen LogP contribution in [0.15, 0.2) is 12.1 Å². The summed E-state index contributed by atoms with van der Waals surface area (Å²) in [6.45, 7) is 1.68. The standard InChI is InChI=1S/C17H21FN4O/c1-23-14-8-6-11-12(17(14)18)5-7-13(11)19-10-16-21-20-15-4-2-3-9-22(15)16/h6,8,13,19H,2-5,7,9-10H2,1H3. The number of aryl methyl sites for hydroxylation is 1. The first-order chi connectivity index (χ1) is 11.3. The Bertz CT molecular complexity index is 728. The van der Waals surface area contributed by atoms with Crippen LogP contribution in [0.4, 0.5) is 4.39 Å². The third kappa shape index (κ3) is 2.51. The monoisotopic (exact) mass is 316 g/mol. The molecule has 1 unspecified atom stereocenters. The smallest absolute Gasteiger partial charge is 0.168 e. The van der Waals surface area contributed by atoms with Crippen LogP contribution in [0, 0.1) is 5.82 Å². The summed E-state index contributed by atoms with van der Waals surface area (Å²) in [7, 11) is 1.50. The van der Waals surface area contributed by atoms with E-state index >= 15 is 0 Å². The van der Waals surface area contributed by atoms with Crippen LogP contribution in [-0.2, 0) is 25.9 Å². The number of fused-ring (bicyclic) bond motifs is 2. The van der Waals surface area contributed by atoms with E-state index in [1.807, 2.05) is 6.07 Å². The number of methoxy groups -OCH3 is 1. The van der Waals surface area contributed by atoms with E-state index in [4.69, 9.17) is 4.74 Å². The summed E-state index contributed by atoms with van der Waals surface area (Å²) >= 11 is 0. The predicted molar refractivity (Wildman–Crippen MR) is 83.8 cm³/mol. The maximum absolute atomic E-state index is 14.3. The van der Waals surface area contributed by atoms with Crippen LogP contribution >= 0.6 is 0 Å². The molecule has 2 aliphatic rings. The second-order valence-electron chi connectivity index (χ2n) is 6.26. The van der Waals surface area contributed by atoms with E-state index in [2.05, 4.69) is 20.1 Å². The largest absolute Gasteiger partial charge is 0.494 e. The Morgan fingerprint density at radius 3 is 3.09 bits per heavy atom. The van der Waals surface area contributed by atoms with Crippen molar-refractivity contribution in [2.45, 2.75) is 51.2 Å². The van der Waals surface area contributed by atoms with Crippen LogP contribution < -0.4 is 10.1 Å². The van der Waals surface area contributed by atoms with Gasteiger partial charge in [0.2, 0.25) is 0 Å². The van der Waals surface area contributed by atoms with Crippen molar-refractivity contribution in [3.63, 3.8) is 0 Å². The zero-order chi connectivity index (χ0) is 15.8. The number of rotatable bonds is 4. The summed E-state index contributed by atoms with van der Waals surface area (Å²) in [5.41, 5.74) is 1.83. The Hall–Kier alpha value is -1.95. The fraction of sp³-hybridized carbons (Fsp3) is 0.529. The highest BCUT2D eigenvalue weighted by atomic mass is 19.1.